The van der Waals surface area contributed by atoms with Crippen LogP contribution in [0.5, 0.6) is 17.2 Å². The predicted octanol–water partition coefficient (Wildman–Crippen LogP) is 2.73. The number of carbonyl (C=O) groups excluding carboxylic acids is 1. The molecule has 1 aliphatic rings. The summed E-state index contributed by atoms with van der Waals surface area (Å²) in [5, 5.41) is 10.3. The molecule has 0 fully saturated rings. The van der Waals surface area contributed by atoms with E-state index in [2.05, 4.69) is 15.5 Å². The molecule has 0 aliphatic carbocycles. The molecule has 1 aromatic heterocycles. The summed E-state index contributed by atoms with van der Waals surface area (Å²) < 4.78 is 21.2. The van der Waals surface area contributed by atoms with Crippen molar-refractivity contribution in [3.63, 3.8) is 0 Å². The molecule has 3 aromatic rings. The van der Waals surface area contributed by atoms with Gasteiger partial charge >= 0.3 is 6.01 Å². The van der Waals surface area contributed by atoms with E-state index in [1.54, 1.807) is 42.5 Å². The Morgan fingerprint density at radius 3 is 2.88 bits per heavy atom. The molecule has 1 aliphatic heterocycles. The first-order chi connectivity index (χ1) is 12.2. The summed E-state index contributed by atoms with van der Waals surface area (Å²) in [4.78, 5) is 12.3. The van der Waals surface area contributed by atoms with Crippen LogP contribution in [0.3, 0.4) is 0 Å². The summed E-state index contributed by atoms with van der Waals surface area (Å²) in [6, 6.07) is 12.0. The lowest BCUT2D eigenvalue weighted by atomic mass is 10.2. The van der Waals surface area contributed by atoms with Crippen molar-refractivity contribution in [2.75, 3.05) is 19.2 Å². The second-order valence-corrected chi connectivity index (χ2v) is 5.17. The monoisotopic (exact) mass is 339 g/mol. The van der Waals surface area contributed by atoms with Crippen LogP contribution in [0.4, 0.5) is 6.01 Å². The minimum Gasteiger partial charge on any atom is -0.497 e. The fourth-order valence-electron chi connectivity index (χ4n) is 2.35. The third-order valence-corrected chi connectivity index (χ3v) is 3.60. The van der Waals surface area contributed by atoms with Crippen molar-refractivity contribution < 1.29 is 23.4 Å². The van der Waals surface area contributed by atoms with Gasteiger partial charge in [0.1, 0.15) is 5.75 Å². The lowest BCUT2D eigenvalue weighted by molar-refractivity contribution is 0.102. The molecule has 1 N–H and O–H groups in total. The average Bonchev–Trinajstić information content (AvgIpc) is 3.30. The molecular formula is C17H13N3O5. The highest BCUT2D eigenvalue weighted by molar-refractivity contribution is 6.03. The fraction of sp³-hybridized carbons (Fsp3) is 0.118. The molecule has 4 rings (SSSR count). The van der Waals surface area contributed by atoms with Crippen LogP contribution in [0.15, 0.2) is 46.9 Å². The fourth-order valence-corrected chi connectivity index (χ4v) is 2.35. The number of methoxy groups -OCH3 is 1. The van der Waals surface area contributed by atoms with Crippen molar-refractivity contribution in [3.8, 4) is 28.7 Å². The standard InChI is InChI=1S/C17H13N3O5/c1-22-12-4-2-3-10(7-12)15(21)18-17-20-19-16(25-17)11-5-6-13-14(8-11)24-9-23-13/h2-8H,9H2,1H3,(H,18,20,21). The Morgan fingerprint density at radius 2 is 2.00 bits per heavy atom. The first-order valence-corrected chi connectivity index (χ1v) is 7.42. The highest BCUT2D eigenvalue weighted by Gasteiger charge is 2.17. The van der Waals surface area contributed by atoms with Crippen molar-refractivity contribution >= 4 is 11.9 Å². The molecule has 0 saturated carbocycles. The van der Waals surface area contributed by atoms with Crippen LogP contribution in [-0.2, 0) is 0 Å². The van der Waals surface area contributed by atoms with Gasteiger partial charge < -0.3 is 18.6 Å². The summed E-state index contributed by atoms with van der Waals surface area (Å²) in [5.74, 6) is 1.74. The van der Waals surface area contributed by atoms with Crippen LogP contribution in [-0.4, -0.2) is 30.0 Å². The highest BCUT2D eigenvalue weighted by atomic mass is 16.7. The van der Waals surface area contributed by atoms with E-state index in [1.165, 1.54) is 7.11 Å². The smallest absolute Gasteiger partial charge is 0.322 e. The van der Waals surface area contributed by atoms with Gasteiger partial charge in [0.25, 0.3) is 5.91 Å². The van der Waals surface area contributed by atoms with Crippen LogP contribution >= 0.6 is 0 Å². The normalized spacial score (nSPS) is 12.0. The lowest BCUT2D eigenvalue weighted by Crippen LogP contribution is -2.12. The van der Waals surface area contributed by atoms with Gasteiger partial charge in [-0.15, -0.1) is 5.10 Å². The van der Waals surface area contributed by atoms with E-state index < -0.39 is 0 Å². The Morgan fingerprint density at radius 1 is 1.12 bits per heavy atom. The Balaban J connectivity index is 1.52. The number of anilines is 1. The third kappa shape index (κ3) is 2.97. The molecule has 2 aromatic carbocycles. The van der Waals surface area contributed by atoms with E-state index in [1.807, 2.05) is 0 Å². The van der Waals surface area contributed by atoms with Crippen LogP contribution < -0.4 is 19.5 Å². The summed E-state index contributed by atoms with van der Waals surface area (Å²) in [5.41, 5.74) is 1.08. The summed E-state index contributed by atoms with van der Waals surface area (Å²) >= 11 is 0. The Bertz CT molecular complexity index is 938. The van der Waals surface area contributed by atoms with Gasteiger partial charge in [-0.1, -0.05) is 11.2 Å². The molecule has 126 valence electrons. The van der Waals surface area contributed by atoms with E-state index in [9.17, 15) is 4.79 Å². The van der Waals surface area contributed by atoms with Gasteiger partial charge in [0, 0.05) is 11.1 Å². The Labute approximate surface area is 142 Å². The summed E-state index contributed by atoms with van der Waals surface area (Å²) in [6.07, 6.45) is 0. The van der Waals surface area contributed by atoms with E-state index in [0.29, 0.717) is 28.4 Å². The average molecular weight is 339 g/mol. The van der Waals surface area contributed by atoms with Crippen molar-refractivity contribution in [2.24, 2.45) is 0 Å². The van der Waals surface area contributed by atoms with Crippen LogP contribution in [0, 0.1) is 0 Å². The first kappa shape index (κ1) is 15.0. The van der Waals surface area contributed by atoms with E-state index in [0.717, 1.165) is 0 Å². The molecule has 0 bridgehead atoms. The zero-order chi connectivity index (χ0) is 17.2. The molecule has 8 heteroatoms. The van der Waals surface area contributed by atoms with Crippen molar-refractivity contribution in [1.29, 1.82) is 0 Å². The van der Waals surface area contributed by atoms with Gasteiger partial charge in [-0.3, -0.25) is 10.1 Å². The zero-order valence-corrected chi connectivity index (χ0v) is 13.2. The number of nitrogens with one attached hydrogen (secondary N) is 1. The number of nitrogens with zero attached hydrogens (tertiary/aromatic N) is 2. The second-order valence-electron chi connectivity index (χ2n) is 5.17. The van der Waals surface area contributed by atoms with E-state index in [-0.39, 0.29) is 24.6 Å². The van der Waals surface area contributed by atoms with E-state index >= 15 is 0 Å². The third-order valence-electron chi connectivity index (χ3n) is 3.60. The Hall–Kier alpha value is -3.55. The SMILES string of the molecule is COc1cccc(C(=O)Nc2nnc(-c3ccc4c(c3)OCO4)o2)c1. The van der Waals surface area contributed by atoms with Crippen LogP contribution in [0.2, 0.25) is 0 Å². The number of aromatic nitrogens is 2. The predicted molar refractivity (Wildman–Crippen MR) is 86.8 cm³/mol. The molecule has 0 radical (unpaired) electrons. The van der Waals surface area contributed by atoms with Crippen molar-refractivity contribution in [3.05, 3.63) is 48.0 Å². The Kier molecular flexibility index (Phi) is 3.70. The number of hydrogen-bond donors (Lipinski definition) is 1. The minimum absolute atomic E-state index is 0.000451. The maximum atomic E-state index is 12.3. The molecule has 0 atom stereocenters. The number of rotatable bonds is 4. The topological polar surface area (TPSA) is 95.7 Å². The quantitative estimate of drug-likeness (QED) is 0.780. The van der Waals surface area contributed by atoms with Crippen molar-refractivity contribution in [2.45, 2.75) is 0 Å². The maximum absolute atomic E-state index is 12.3. The molecule has 25 heavy (non-hydrogen) atoms. The number of ether oxygens (including phenoxy) is 3. The van der Waals surface area contributed by atoms with Gasteiger partial charge in [-0.25, -0.2) is 0 Å². The van der Waals surface area contributed by atoms with E-state index in [4.69, 9.17) is 18.6 Å². The van der Waals surface area contributed by atoms with Gasteiger partial charge in [-0.05, 0) is 36.4 Å². The molecule has 8 nitrogen and oxygen atoms in total. The molecule has 0 unspecified atom stereocenters. The molecular weight excluding hydrogens is 326 g/mol. The van der Waals surface area contributed by atoms with Gasteiger partial charge in [-0.2, -0.15) is 0 Å². The summed E-state index contributed by atoms with van der Waals surface area (Å²) in [6.45, 7) is 0.185. The van der Waals surface area contributed by atoms with Crippen molar-refractivity contribution in [1.82, 2.24) is 10.2 Å². The number of carbonyl (C=O) groups is 1. The lowest BCUT2D eigenvalue weighted by Gasteiger charge is -2.03. The summed E-state index contributed by atoms with van der Waals surface area (Å²) in [7, 11) is 1.53. The van der Waals surface area contributed by atoms with Crippen LogP contribution in [0.1, 0.15) is 10.4 Å². The zero-order valence-electron chi connectivity index (χ0n) is 13.2. The minimum atomic E-state index is -0.375. The maximum Gasteiger partial charge on any atom is 0.322 e. The van der Waals surface area contributed by atoms with Gasteiger partial charge in [0.05, 0.1) is 7.11 Å². The highest BCUT2D eigenvalue weighted by Crippen LogP contribution is 2.35. The first-order valence-electron chi connectivity index (χ1n) is 7.42. The van der Waals surface area contributed by atoms with Crippen LogP contribution in [0.25, 0.3) is 11.5 Å². The molecule has 0 spiro atoms. The number of benzene rings is 2. The number of hydrogen-bond acceptors (Lipinski definition) is 7. The molecule has 1 amide bonds. The molecule has 2 heterocycles. The van der Waals surface area contributed by atoms with Gasteiger partial charge in [0.2, 0.25) is 12.7 Å². The number of fused-ring (bicyclic) bond motifs is 1. The molecule has 0 saturated heterocycles. The van der Waals surface area contributed by atoms with Gasteiger partial charge in [0.15, 0.2) is 11.5 Å². The number of amides is 1. The second kappa shape index (κ2) is 6.16. The largest absolute Gasteiger partial charge is 0.497 e.